The summed E-state index contributed by atoms with van der Waals surface area (Å²) in [6, 6.07) is 2.19. The Kier molecular flexibility index (Phi) is 5.89. The van der Waals surface area contributed by atoms with Gasteiger partial charge in [0.2, 0.25) is 0 Å². The van der Waals surface area contributed by atoms with Gasteiger partial charge in [0.1, 0.15) is 0 Å². The molecule has 1 aliphatic carbocycles. The molecular formula is C12H20F3N3. The molecule has 0 saturated heterocycles. The van der Waals surface area contributed by atoms with Crippen molar-refractivity contribution in [3.05, 3.63) is 0 Å². The van der Waals surface area contributed by atoms with Crippen molar-refractivity contribution in [3.63, 3.8) is 0 Å². The molecule has 104 valence electrons. The van der Waals surface area contributed by atoms with Gasteiger partial charge in [-0.3, -0.25) is 10.2 Å². The predicted molar refractivity (Wildman–Crippen MR) is 63.0 cm³/mol. The Balaban J connectivity index is 2.32. The lowest BCUT2D eigenvalue weighted by Crippen LogP contribution is -2.39. The molecule has 1 N–H and O–H groups in total. The summed E-state index contributed by atoms with van der Waals surface area (Å²) in [4.78, 5) is 1.37. The Morgan fingerprint density at radius 3 is 2.50 bits per heavy atom. The smallest absolute Gasteiger partial charge is 0.299 e. The van der Waals surface area contributed by atoms with Crippen molar-refractivity contribution >= 4 is 0 Å². The van der Waals surface area contributed by atoms with E-state index in [4.69, 9.17) is 5.26 Å². The zero-order valence-corrected chi connectivity index (χ0v) is 10.6. The van der Waals surface area contributed by atoms with E-state index in [0.717, 1.165) is 12.8 Å². The minimum atomic E-state index is -4.17. The fourth-order valence-corrected chi connectivity index (χ4v) is 1.87. The molecule has 1 aliphatic rings. The van der Waals surface area contributed by atoms with Gasteiger partial charge in [0.05, 0.1) is 18.7 Å². The molecule has 0 amide bonds. The van der Waals surface area contributed by atoms with Gasteiger partial charge < -0.3 is 0 Å². The molecule has 0 aromatic carbocycles. The molecule has 0 aromatic rings. The molecule has 1 rings (SSSR count). The van der Waals surface area contributed by atoms with Gasteiger partial charge in [-0.05, 0) is 32.2 Å². The third-order valence-corrected chi connectivity index (χ3v) is 2.85. The van der Waals surface area contributed by atoms with Crippen LogP contribution in [-0.2, 0) is 0 Å². The van der Waals surface area contributed by atoms with Crippen LogP contribution in [0.15, 0.2) is 0 Å². The van der Waals surface area contributed by atoms with E-state index in [-0.39, 0.29) is 6.04 Å². The predicted octanol–water partition coefficient (Wildman–Crippen LogP) is 2.29. The normalized spacial score (nSPS) is 17.8. The summed E-state index contributed by atoms with van der Waals surface area (Å²) in [7, 11) is 0. The Hall–Kier alpha value is -0.800. The number of halogens is 3. The fourth-order valence-electron chi connectivity index (χ4n) is 1.87. The first-order chi connectivity index (χ1) is 8.44. The minimum Gasteiger partial charge on any atom is -0.299 e. The molecule has 6 heteroatoms. The van der Waals surface area contributed by atoms with Crippen molar-refractivity contribution in [1.29, 1.82) is 5.26 Å². The van der Waals surface area contributed by atoms with Crippen molar-refractivity contribution in [2.24, 2.45) is 0 Å². The average Bonchev–Trinajstić information content (AvgIpc) is 3.05. The van der Waals surface area contributed by atoms with E-state index in [2.05, 4.69) is 11.4 Å². The maximum absolute atomic E-state index is 12.3. The van der Waals surface area contributed by atoms with Crippen molar-refractivity contribution in [2.75, 3.05) is 19.6 Å². The molecule has 0 spiro atoms. The Morgan fingerprint density at radius 1 is 1.39 bits per heavy atom. The lowest BCUT2D eigenvalue weighted by Gasteiger charge is -2.24. The van der Waals surface area contributed by atoms with E-state index >= 15 is 0 Å². The van der Waals surface area contributed by atoms with Gasteiger partial charge >= 0.3 is 6.18 Å². The van der Waals surface area contributed by atoms with Crippen LogP contribution in [0.2, 0.25) is 0 Å². The van der Waals surface area contributed by atoms with Crippen molar-refractivity contribution in [1.82, 2.24) is 10.2 Å². The summed E-state index contributed by atoms with van der Waals surface area (Å²) >= 11 is 0. The topological polar surface area (TPSA) is 39.1 Å². The highest BCUT2D eigenvalue weighted by Gasteiger charge is 2.31. The largest absolute Gasteiger partial charge is 0.401 e. The molecular weight excluding hydrogens is 243 g/mol. The first-order valence-corrected chi connectivity index (χ1v) is 6.39. The standard InChI is InChI=1S/C12H20F3N3/c1-2-6-18(9-12(13,14)15)7-5-11(8-16)17-10-3-4-10/h10-11,17H,2-7,9H2,1H3. The Labute approximate surface area is 106 Å². The van der Waals surface area contributed by atoms with Crippen LogP contribution in [0, 0.1) is 11.3 Å². The van der Waals surface area contributed by atoms with Crippen LogP contribution in [0.1, 0.15) is 32.6 Å². The second-order valence-electron chi connectivity index (χ2n) is 4.80. The molecule has 1 saturated carbocycles. The van der Waals surface area contributed by atoms with E-state index in [1.807, 2.05) is 6.92 Å². The molecule has 1 unspecified atom stereocenters. The molecule has 0 radical (unpaired) electrons. The number of hydrogen-bond donors (Lipinski definition) is 1. The maximum Gasteiger partial charge on any atom is 0.401 e. The molecule has 1 atom stereocenters. The number of nitriles is 1. The summed E-state index contributed by atoms with van der Waals surface area (Å²) in [6.45, 7) is 1.70. The van der Waals surface area contributed by atoms with Gasteiger partial charge in [-0.15, -0.1) is 0 Å². The number of alkyl halides is 3. The van der Waals surface area contributed by atoms with Gasteiger partial charge in [0.15, 0.2) is 0 Å². The summed E-state index contributed by atoms with van der Waals surface area (Å²) in [6.07, 6.45) is -0.896. The first-order valence-electron chi connectivity index (χ1n) is 6.39. The van der Waals surface area contributed by atoms with Gasteiger partial charge in [0.25, 0.3) is 0 Å². The van der Waals surface area contributed by atoms with Crippen molar-refractivity contribution in [3.8, 4) is 6.07 Å². The van der Waals surface area contributed by atoms with E-state index in [1.54, 1.807) is 0 Å². The lowest BCUT2D eigenvalue weighted by molar-refractivity contribution is -0.146. The highest BCUT2D eigenvalue weighted by Crippen LogP contribution is 2.20. The Morgan fingerprint density at radius 2 is 2.06 bits per heavy atom. The second-order valence-corrected chi connectivity index (χ2v) is 4.80. The van der Waals surface area contributed by atoms with Gasteiger partial charge in [-0.25, -0.2) is 0 Å². The molecule has 0 heterocycles. The van der Waals surface area contributed by atoms with Crippen molar-refractivity contribution in [2.45, 2.75) is 50.9 Å². The number of nitrogens with zero attached hydrogens (tertiary/aromatic N) is 2. The minimum absolute atomic E-state index is 0.311. The van der Waals surface area contributed by atoms with E-state index in [1.165, 1.54) is 4.90 Å². The summed E-state index contributed by atoms with van der Waals surface area (Å²) in [5.74, 6) is 0. The van der Waals surface area contributed by atoms with E-state index < -0.39 is 12.7 Å². The summed E-state index contributed by atoms with van der Waals surface area (Å²) in [5.41, 5.74) is 0. The highest BCUT2D eigenvalue weighted by atomic mass is 19.4. The van der Waals surface area contributed by atoms with Crippen LogP contribution in [0.25, 0.3) is 0 Å². The fraction of sp³-hybridized carbons (Fsp3) is 0.917. The SMILES string of the molecule is CCCN(CCC(C#N)NC1CC1)CC(F)(F)F. The average molecular weight is 263 g/mol. The van der Waals surface area contributed by atoms with Gasteiger partial charge in [0, 0.05) is 12.6 Å². The van der Waals surface area contributed by atoms with E-state index in [9.17, 15) is 13.2 Å². The van der Waals surface area contributed by atoms with Gasteiger partial charge in [-0.2, -0.15) is 18.4 Å². The van der Waals surface area contributed by atoms with Crippen LogP contribution in [-0.4, -0.2) is 42.8 Å². The van der Waals surface area contributed by atoms with Crippen LogP contribution < -0.4 is 5.32 Å². The number of hydrogen-bond acceptors (Lipinski definition) is 3. The summed E-state index contributed by atoms with van der Waals surface area (Å²) in [5, 5.41) is 12.1. The van der Waals surface area contributed by atoms with E-state index in [0.29, 0.717) is 32.0 Å². The molecule has 0 bridgehead atoms. The van der Waals surface area contributed by atoms with Gasteiger partial charge in [-0.1, -0.05) is 6.92 Å². The molecule has 0 aliphatic heterocycles. The third-order valence-electron chi connectivity index (χ3n) is 2.85. The highest BCUT2D eigenvalue weighted by molar-refractivity contribution is 4.96. The molecule has 3 nitrogen and oxygen atoms in total. The molecule has 1 fully saturated rings. The summed E-state index contributed by atoms with van der Waals surface area (Å²) < 4.78 is 37.0. The molecule has 18 heavy (non-hydrogen) atoms. The molecule has 0 aromatic heterocycles. The van der Waals surface area contributed by atoms with Crippen LogP contribution in [0.3, 0.4) is 0 Å². The first kappa shape index (κ1) is 15.3. The lowest BCUT2D eigenvalue weighted by atomic mass is 10.2. The maximum atomic E-state index is 12.3. The number of rotatable bonds is 8. The Bertz CT molecular complexity index is 281. The van der Waals surface area contributed by atoms with Crippen LogP contribution in [0.4, 0.5) is 13.2 Å². The third kappa shape index (κ3) is 6.82. The van der Waals surface area contributed by atoms with Crippen LogP contribution >= 0.6 is 0 Å². The zero-order valence-electron chi connectivity index (χ0n) is 10.6. The quantitative estimate of drug-likeness (QED) is 0.730. The van der Waals surface area contributed by atoms with Crippen molar-refractivity contribution < 1.29 is 13.2 Å². The monoisotopic (exact) mass is 263 g/mol. The zero-order chi connectivity index (χ0) is 13.6. The number of nitrogens with one attached hydrogen (secondary N) is 1. The second kappa shape index (κ2) is 6.95. The van der Waals surface area contributed by atoms with Crippen LogP contribution in [0.5, 0.6) is 0 Å².